The lowest BCUT2D eigenvalue weighted by Gasteiger charge is -2.38. The van der Waals surface area contributed by atoms with E-state index >= 15 is 0 Å². The van der Waals surface area contributed by atoms with Gasteiger partial charge in [-0.2, -0.15) is 0 Å². The summed E-state index contributed by atoms with van der Waals surface area (Å²) in [5.74, 6) is 0. The first-order valence-corrected chi connectivity index (χ1v) is 7.67. The molecule has 0 aromatic rings. The molecule has 0 aromatic heterocycles. The van der Waals surface area contributed by atoms with Crippen molar-refractivity contribution in [2.75, 3.05) is 26.2 Å². The van der Waals surface area contributed by atoms with Crippen molar-refractivity contribution in [3.05, 3.63) is 0 Å². The molecule has 0 spiro atoms. The molecule has 0 aliphatic carbocycles. The Balaban J connectivity index is 1.71. The Bertz CT molecular complexity index is 249. The van der Waals surface area contributed by atoms with Crippen LogP contribution >= 0.6 is 0 Å². The highest BCUT2D eigenvalue weighted by Crippen LogP contribution is 2.24. The first-order valence-electron chi connectivity index (χ1n) is 7.67. The molecule has 0 amide bonds. The normalized spacial score (nSPS) is 31.2. The summed E-state index contributed by atoms with van der Waals surface area (Å²) >= 11 is 0. The fourth-order valence-electron chi connectivity index (χ4n) is 3.36. The van der Waals surface area contributed by atoms with E-state index in [2.05, 4.69) is 31.0 Å². The molecule has 2 aliphatic rings. The Hall–Kier alpha value is -0.120. The monoisotopic (exact) mass is 254 g/mol. The van der Waals surface area contributed by atoms with Gasteiger partial charge in [-0.3, -0.25) is 0 Å². The molecular weight excluding hydrogens is 224 g/mol. The predicted octanol–water partition coefficient (Wildman–Crippen LogP) is 2.41. The van der Waals surface area contributed by atoms with Crippen LogP contribution in [0.15, 0.2) is 0 Å². The van der Waals surface area contributed by atoms with Crippen molar-refractivity contribution in [2.24, 2.45) is 0 Å². The predicted molar refractivity (Wildman–Crippen MR) is 75.9 cm³/mol. The van der Waals surface area contributed by atoms with E-state index in [9.17, 15) is 0 Å². The molecule has 2 aliphatic heterocycles. The molecule has 3 nitrogen and oxygen atoms in total. The molecule has 0 bridgehead atoms. The maximum Gasteiger partial charge on any atom is 0.0641 e. The van der Waals surface area contributed by atoms with Crippen LogP contribution in [0.4, 0.5) is 0 Å². The number of rotatable bonds is 4. The Morgan fingerprint density at radius 1 is 1.28 bits per heavy atom. The van der Waals surface area contributed by atoms with Crippen LogP contribution in [-0.2, 0) is 4.74 Å². The van der Waals surface area contributed by atoms with E-state index < -0.39 is 0 Å². The van der Waals surface area contributed by atoms with Crippen LogP contribution in [-0.4, -0.2) is 48.8 Å². The first kappa shape index (κ1) is 14.3. The minimum absolute atomic E-state index is 0.0563. The molecule has 0 radical (unpaired) electrons. The van der Waals surface area contributed by atoms with E-state index in [1.807, 2.05) is 0 Å². The molecule has 2 saturated heterocycles. The van der Waals surface area contributed by atoms with Gasteiger partial charge in [-0.25, -0.2) is 0 Å². The largest absolute Gasteiger partial charge is 0.375 e. The van der Waals surface area contributed by atoms with Gasteiger partial charge in [0.15, 0.2) is 0 Å². The highest BCUT2D eigenvalue weighted by Gasteiger charge is 2.29. The Kier molecular flexibility index (Phi) is 5.05. The molecule has 0 saturated carbocycles. The molecule has 1 N–H and O–H groups in total. The van der Waals surface area contributed by atoms with Crippen molar-refractivity contribution >= 4 is 0 Å². The van der Waals surface area contributed by atoms with Gasteiger partial charge >= 0.3 is 0 Å². The number of likely N-dealkylation sites (tertiary alicyclic amines) is 1. The van der Waals surface area contributed by atoms with E-state index in [0.29, 0.717) is 12.1 Å². The molecule has 2 atom stereocenters. The van der Waals surface area contributed by atoms with Gasteiger partial charge in [0.05, 0.1) is 5.60 Å². The minimum atomic E-state index is 0.0563. The minimum Gasteiger partial charge on any atom is -0.375 e. The van der Waals surface area contributed by atoms with Gasteiger partial charge in [0.1, 0.15) is 0 Å². The third-order valence-electron chi connectivity index (χ3n) is 4.20. The van der Waals surface area contributed by atoms with Gasteiger partial charge in [0, 0.05) is 25.2 Å². The topological polar surface area (TPSA) is 24.5 Å². The number of hydrogen-bond donors (Lipinski definition) is 1. The summed E-state index contributed by atoms with van der Waals surface area (Å²) in [5, 5.41) is 3.80. The van der Waals surface area contributed by atoms with Gasteiger partial charge in [0.2, 0.25) is 0 Å². The smallest absolute Gasteiger partial charge is 0.0641 e. The van der Waals surface area contributed by atoms with Gasteiger partial charge in [-0.05, 0) is 59.5 Å². The zero-order valence-corrected chi connectivity index (χ0v) is 12.4. The van der Waals surface area contributed by atoms with Crippen LogP contribution in [0, 0.1) is 0 Å². The fourth-order valence-corrected chi connectivity index (χ4v) is 3.36. The van der Waals surface area contributed by atoms with Crippen LogP contribution < -0.4 is 5.32 Å². The van der Waals surface area contributed by atoms with Crippen LogP contribution in [0.25, 0.3) is 0 Å². The number of hydrogen-bond acceptors (Lipinski definition) is 3. The lowest BCUT2D eigenvalue weighted by atomic mass is 9.93. The van der Waals surface area contributed by atoms with E-state index in [1.54, 1.807) is 0 Å². The van der Waals surface area contributed by atoms with E-state index in [1.165, 1.54) is 38.9 Å². The standard InChI is InChI=1S/C15H30N2O/c1-13(12-17-8-5-4-6-9-17)16-14-7-10-18-15(2,3)11-14/h13-14,16H,4-12H2,1-3H3. The number of nitrogens with zero attached hydrogens (tertiary/aromatic N) is 1. The zero-order valence-electron chi connectivity index (χ0n) is 12.4. The summed E-state index contributed by atoms with van der Waals surface area (Å²) in [6.45, 7) is 11.4. The van der Waals surface area contributed by atoms with Gasteiger partial charge < -0.3 is 15.0 Å². The molecule has 18 heavy (non-hydrogen) atoms. The van der Waals surface area contributed by atoms with Crippen molar-refractivity contribution in [2.45, 2.75) is 70.6 Å². The molecule has 2 unspecified atom stereocenters. The summed E-state index contributed by atoms with van der Waals surface area (Å²) in [6.07, 6.45) is 6.49. The van der Waals surface area contributed by atoms with Crippen LogP contribution in [0.5, 0.6) is 0 Å². The molecule has 2 fully saturated rings. The maximum atomic E-state index is 5.78. The van der Waals surface area contributed by atoms with Crippen molar-refractivity contribution in [3.63, 3.8) is 0 Å². The number of ether oxygens (including phenoxy) is 1. The zero-order chi connectivity index (χ0) is 13.0. The van der Waals surface area contributed by atoms with E-state index in [4.69, 9.17) is 4.74 Å². The second-order valence-electron chi connectivity index (χ2n) is 6.73. The molecule has 2 rings (SSSR count). The quantitative estimate of drug-likeness (QED) is 0.834. The number of nitrogens with one attached hydrogen (secondary N) is 1. The molecule has 3 heteroatoms. The highest BCUT2D eigenvalue weighted by molar-refractivity contribution is 4.85. The lowest BCUT2D eigenvalue weighted by molar-refractivity contribution is -0.0643. The molecule has 0 aromatic carbocycles. The molecular formula is C15H30N2O. The second kappa shape index (κ2) is 6.36. The summed E-state index contributed by atoms with van der Waals surface area (Å²) in [7, 11) is 0. The average Bonchev–Trinajstić information content (AvgIpc) is 2.28. The fraction of sp³-hybridized carbons (Fsp3) is 1.00. The van der Waals surface area contributed by atoms with Gasteiger partial charge in [0.25, 0.3) is 0 Å². The lowest BCUT2D eigenvalue weighted by Crippen LogP contribution is -2.50. The second-order valence-corrected chi connectivity index (χ2v) is 6.73. The summed E-state index contributed by atoms with van der Waals surface area (Å²) in [6, 6.07) is 1.23. The molecule has 106 valence electrons. The summed E-state index contributed by atoms with van der Waals surface area (Å²) in [4.78, 5) is 2.62. The number of piperidine rings is 1. The average molecular weight is 254 g/mol. The highest BCUT2D eigenvalue weighted by atomic mass is 16.5. The first-order chi connectivity index (χ1) is 8.55. The van der Waals surface area contributed by atoms with Crippen molar-refractivity contribution < 1.29 is 4.74 Å². The van der Waals surface area contributed by atoms with Gasteiger partial charge in [-0.15, -0.1) is 0 Å². The van der Waals surface area contributed by atoms with Crippen molar-refractivity contribution in [1.29, 1.82) is 0 Å². The van der Waals surface area contributed by atoms with Crippen molar-refractivity contribution in [1.82, 2.24) is 10.2 Å². The van der Waals surface area contributed by atoms with Crippen LogP contribution in [0.2, 0.25) is 0 Å². The third-order valence-corrected chi connectivity index (χ3v) is 4.20. The Morgan fingerprint density at radius 3 is 2.67 bits per heavy atom. The molecule has 2 heterocycles. The summed E-state index contributed by atoms with van der Waals surface area (Å²) < 4.78 is 5.78. The SMILES string of the molecule is CC(CN1CCCCC1)NC1CCOC(C)(C)C1. The maximum absolute atomic E-state index is 5.78. The Morgan fingerprint density at radius 2 is 2.00 bits per heavy atom. The van der Waals surface area contributed by atoms with Gasteiger partial charge in [-0.1, -0.05) is 6.42 Å². The van der Waals surface area contributed by atoms with Crippen molar-refractivity contribution in [3.8, 4) is 0 Å². The Labute approximate surface area is 112 Å². The van der Waals surface area contributed by atoms with E-state index in [-0.39, 0.29) is 5.60 Å². The summed E-state index contributed by atoms with van der Waals surface area (Å²) in [5.41, 5.74) is 0.0563. The third kappa shape index (κ3) is 4.52. The van der Waals surface area contributed by atoms with E-state index in [0.717, 1.165) is 19.4 Å². The van der Waals surface area contributed by atoms with Crippen LogP contribution in [0.3, 0.4) is 0 Å². The van der Waals surface area contributed by atoms with Crippen LogP contribution in [0.1, 0.15) is 52.9 Å².